The Balaban J connectivity index is 1.95. The van der Waals surface area contributed by atoms with Crippen LogP contribution in [0.1, 0.15) is 12.0 Å². The molecule has 0 saturated heterocycles. The first kappa shape index (κ1) is 21.4. The molecular weight excluding hydrogens is 386 g/mol. The number of rotatable bonds is 9. The summed E-state index contributed by atoms with van der Waals surface area (Å²) >= 11 is 6.02. The van der Waals surface area contributed by atoms with Gasteiger partial charge in [-0.05, 0) is 36.8 Å². The Morgan fingerprint density at radius 3 is 2.68 bits per heavy atom. The molecule has 1 heterocycles. The van der Waals surface area contributed by atoms with Crippen LogP contribution in [0.25, 0.3) is 0 Å². The Hall–Kier alpha value is -2.90. The normalized spacial score (nSPS) is 10.4. The van der Waals surface area contributed by atoms with E-state index in [1.54, 1.807) is 24.3 Å². The fraction of sp³-hybridized carbons (Fsp3) is 0.278. The third-order valence-corrected chi connectivity index (χ3v) is 3.71. The minimum absolute atomic E-state index is 0.306. The number of nitrogens with one attached hydrogen (secondary N) is 2. The number of carbonyl (C=O) groups excluding carboxylic acids is 1. The molecule has 0 atom stereocenters. The van der Waals surface area contributed by atoms with Gasteiger partial charge in [0.1, 0.15) is 17.6 Å². The van der Waals surface area contributed by atoms with Crippen molar-refractivity contribution in [1.29, 1.82) is 5.26 Å². The second-order valence-corrected chi connectivity index (χ2v) is 5.82. The molecule has 0 spiro atoms. The molecule has 0 aliphatic heterocycles. The lowest BCUT2D eigenvalue weighted by atomic mass is 10.3. The van der Waals surface area contributed by atoms with Crippen LogP contribution < -0.4 is 15.4 Å². The number of nitrogens with zero attached hydrogens (tertiary/aromatic N) is 3. The van der Waals surface area contributed by atoms with Gasteiger partial charge in [0.25, 0.3) is 0 Å². The van der Waals surface area contributed by atoms with Crippen molar-refractivity contribution >= 4 is 29.1 Å². The second kappa shape index (κ2) is 11.1. The van der Waals surface area contributed by atoms with Crippen molar-refractivity contribution in [3.63, 3.8) is 0 Å². The molecule has 2 rings (SSSR count). The predicted molar refractivity (Wildman–Crippen MR) is 104 cm³/mol. The minimum Gasteiger partial charge on any atom is -0.491 e. The number of hydrogen-bond donors (Lipinski definition) is 2. The monoisotopic (exact) mass is 405 g/mol. The average molecular weight is 406 g/mol. The Bertz CT molecular complexity index is 822. The van der Waals surface area contributed by atoms with E-state index >= 15 is 0 Å². The number of hydrogen-bond acceptors (Lipinski definition) is 7. The zero-order chi connectivity index (χ0) is 20.4. The molecule has 1 aromatic carbocycles. The first-order valence-electron chi connectivity index (χ1n) is 8.28. The van der Waals surface area contributed by atoms with E-state index in [0.29, 0.717) is 47.4 Å². The molecule has 0 unspecified atom stereocenters. The molecule has 9 nitrogen and oxygen atoms in total. The van der Waals surface area contributed by atoms with Gasteiger partial charge >= 0.3 is 6.03 Å². The zero-order valence-corrected chi connectivity index (χ0v) is 16.2. The largest absolute Gasteiger partial charge is 0.491 e. The van der Waals surface area contributed by atoms with Crippen molar-refractivity contribution in [2.45, 2.75) is 6.42 Å². The summed E-state index contributed by atoms with van der Waals surface area (Å²) in [4.78, 5) is 26.1. The van der Waals surface area contributed by atoms with Crippen LogP contribution in [0, 0.1) is 11.3 Å². The summed E-state index contributed by atoms with van der Waals surface area (Å²) in [5.41, 5.74) is 0.811. The Morgan fingerprint density at radius 2 is 2.04 bits per heavy atom. The smallest absolute Gasteiger partial charge is 0.324 e. The number of anilines is 2. The molecule has 0 radical (unpaired) electrons. The van der Waals surface area contributed by atoms with Gasteiger partial charge in [0.15, 0.2) is 0 Å². The van der Waals surface area contributed by atoms with Crippen LogP contribution in [0.15, 0.2) is 36.5 Å². The highest BCUT2D eigenvalue weighted by molar-refractivity contribution is 6.31. The number of benzene rings is 1. The van der Waals surface area contributed by atoms with Crippen LogP contribution in [-0.4, -0.2) is 43.6 Å². The van der Waals surface area contributed by atoms with Crippen LogP contribution in [0.4, 0.5) is 16.3 Å². The molecule has 0 aliphatic carbocycles. The maximum Gasteiger partial charge on any atom is 0.324 e. The number of aromatic nitrogens is 1. The van der Waals surface area contributed by atoms with Crippen molar-refractivity contribution < 1.29 is 19.2 Å². The van der Waals surface area contributed by atoms with Gasteiger partial charge in [-0.3, -0.25) is 15.0 Å². The van der Waals surface area contributed by atoms with Crippen LogP contribution in [0.5, 0.6) is 5.75 Å². The molecule has 1 aromatic heterocycles. The molecule has 0 bridgehead atoms. The van der Waals surface area contributed by atoms with E-state index in [-0.39, 0.29) is 0 Å². The van der Waals surface area contributed by atoms with Crippen molar-refractivity contribution in [2.24, 2.45) is 0 Å². The van der Waals surface area contributed by atoms with Gasteiger partial charge in [-0.2, -0.15) is 5.26 Å². The molecular formula is C18H20ClN5O4. The second-order valence-electron chi connectivity index (χ2n) is 5.39. The third-order valence-electron chi connectivity index (χ3n) is 3.47. The van der Waals surface area contributed by atoms with Crippen molar-refractivity contribution in [2.75, 3.05) is 38.0 Å². The number of pyridine rings is 1. The quantitative estimate of drug-likeness (QED) is 0.485. The van der Waals surface area contributed by atoms with E-state index in [1.165, 1.54) is 31.7 Å². The summed E-state index contributed by atoms with van der Waals surface area (Å²) < 4.78 is 5.72. The van der Waals surface area contributed by atoms with Crippen molar-refractivity contribution in [3.8, 4) is 11.8 Å². The first-order valence-corrected chi connectivity index (χ1v) is 8.65. The SMILES string of the molecule is CON(CCCOc1ccc(Cl)cc1NC(=O)Nc1ccc(C#N)cn1)OC. The molecule has 0 aliphatic rings. The molecule has 148 valence electrons. The Labute approximate surface area is 167 Å². The van der Waals surface area contributed by atoms with Gasteiger partial charge in [-0.1, -0.05) is 16.8 Å². The summed E-state index contributed by atoms with van der Waals surface area (Å²) in [7, 11) is 3.01. The van der Waals surface area contributed by atoms with E-state index < -0.39 is 6.03 Å². The highest BCUT2D eigenvalue weighted by atomic mass is 35.5. The van der Waals surface area contributed by atoms with Crippen molar-refractivity contribution in [1.82, 2.24) is 10.2 Å². The topological polar surface area (TPSA) is 109 Å². The lowest BCUT2D eigenvalue weighted by Crippen LogP contribution is -2.23. The number of ether oxygens (including phenoxy) is 1. The Kier molecular flexibility index (Phi) is 8.45. The number of urea groups is 1. The Morgan fingerprint density at radius 1 is 1.25 bits per heavy atom. The van der Waals surface area contributed by atoms with Gasteiger partial charge in [-0.15, -0.1) is 0 Å². The van der Waals surface area contributed by atoms with Gasteiger partial charge in [0, 0.05) is 11.2 Å². The van der Waals surface area contributed by atoms with Crippen LogP contribution in [-0.2, 0) is 9.68 Å². The van der Waals surface area contributed by atoms with E-state index in [2.05, 4.69) is 15.6 Å². The number of halogens is 1. The predicted octanol–water partition coefficient (Wildman–Crippen LogP) is 3.44. The standard InChI is InChI=1S/C18H20ClN5O4/c1-26-24(27-2)8-3-9-28-16-6-5-14(19)10-15(16)22-18(25)23-17-7-4-13(11-20)12-21-17/h4-7,10,12H,3,8-9H2,1-2H3,(H2,21,22,23,25). The number of hydroxylamine groups is 2. The van der Waals surface area contributed by atoms with E-state index in [4.69, 9.17) is 31.3 Å². The van der Waals surface area contributed by atoms with E-state index in [9.17, 15) is 4.79 Å². The molecule has 2 N–H and O–H groups in total. The molecule has 2 aromatic rings. The fourth-order valence-electron chi connectivity index (χ4n) is 2.16. The summed E-state index contributed by atoms with van der Waals surface area (Å²) in [6.45, 7) is 0.881. The van der Waals surface area contributed by atoms with E-state index in [1.807, 2.05) is 6.07 Å². The molecule has 2 amide bonds. The van der Waals surface area contributed by atoms with Crippen molar-refractivity contribution in [3.05, 3.63) is 47.1 Å². The van der Waals surface area contributed by atoms with Gasteiger partial charge in [0.05, 0.1) is 38.6 Å². The lowest BCUT2D eigenvalue weighted by Gasteiger charge is -2.17. The summed E-state index contributed by atoms with van der Waals surface area (Å²) in [6, 6.07) is 9.44. The minimum atomic E-state index is -0.519. The molecule has 10 heteroatoms. The lowest BCUT2D eigenvalue weighted by molar-refractivity contribution is -0.342. The maximum absolute atomic E-state index is 12.2. The van der Waals surface area contributed by atoms with Crippen LogP contribution >= 0.6 is 11.6 Å². The van der Waals surface area contributed by atoms with Gasteiger partial charge in [0.2, 0.25) is 0 Å². The number of carbonyl (C=O) groups is 1. The third kappa shape index (κ3) is 6.68. The maximum atomic E-state index is 12.2. The highest BCUT2D eigenvalue weighted by Gasteiger charge is 2.10. The molecule has 0 fully saturated rings. The first-order chi connectivity index (χ1) is 13.5. The highest BCUT2D eigenvalue weighted by Crippen LogP contribution is 2.28. The van der Waals surface area contributed by atoms with Gasteiger partial charge in [-0.25, -0.2) is 9.78 Å². The molecule has 0 saturated carbocycles. The average Bonchev–Trinajstić information content (AvgIpc) is 2.70. The summed E-state index contributed by atoms with van der Waals surface area (Å²) in [5, 5.41) is 15.8. The number of amides is 2. The molecule has 28 heavy (non-hydrogen) atoms. The summed E-state index contributed by atoms with van der Waals surface area (Å²) in [5.74, 6) is 0.772. The van der Waals surface area contributed by atoms with Gasteiger partial charge < -0.3 is 10.1 Å². The van der Waals surface area contributed by atoms with Crippen LogP contribution in [0.2, 0.25) is 5.02 Å². The number of nitriles is 1. The van der Waals surface area contributed by atoms with E-state index in [0.717, 1.165) is 0 Å². The van der Waals surface area contributed by atoms with Crippen LogP contribution in [0.3, 0.4) is 0 Å². The summed E-state index contributed by atoms with van der Waals surface area (Å²) in [6.07, 6.45) is 2.00. The zero-order valence-electron chi connectivity index (χ0n) is 15.4. The fourth-order valence-corrected chi connectivity index (χ4v) is 2.33.